The van der Waals surface area contributed by atoms with Gasteiger partial charge in [0.05, 0.1) is 12.1 Å². The van der Waals surface area contributed by atoms with E-state index in [0.29, 0.717) is 25.6 Å². The van der Waals surface area contributed by atoms with E-state index in [1.807, 2.05) is 29.2 Å². The monoisotopic (exact) mass is 535 g/mol. The van der Waals surface area contributed by atoms with Crippen LogP contribution < -0.4 is 15.5 Å². The number of rotatable bonds is 5. The molecular weight excluding hydrogens is 505 g/mol. The summed E-state index contributed by atoms with van der Waals surface area (Å²) >= 11 is 5.95. The molecule has 0 radical (unpaired) electrons. The van der Waals surface area contributed by atoms with E-state index in [-0.39, 0.29) is 42.0 Å². The summed E-state index contributed by atoms with van der Waals surface area (Å²) in [4.78, 5) is 20.9. The molecule has 2 aliphatic rings. The Bertz CT molecular complexity index is 687. The van der Waals surface area contributed by atoms with Crippen LogP contribution in [-0.4, -0.2) is 75.3 Å². The number of amides is 1. The van der Waals surface area contributed by atoms with Crippen LogP contribution in [-0.2, 0) is 9.53 Å². The number of guanidine groups is 1. The van der Waals surface area contributed by atoms with Crippen molar-refractivity contribution in [2.45, 2.75) is 25.4 Å². The Kier molecular flexibility index (Phi) is 9.29. The molecule has 9 heteroatoms. The molecule has 0 bridgehead atoms. The van der Waals surface area contributed by atoms with Gasteiger partial charge in [0, 0.05) is 57.1 Å². The van der Waals surface area contributed by atoms with E-state index in [4.69, 9.17) is 16.3 Å². The number of carbonyl (C=O) groups is 1. The van der Waals surface area contributed by atoms with Crippen LogP contribution in [0, 0.1) is 0 Å². The van der Waals surface area contributed by atoms with Crippen LogP contribution in [0.25, 0.3) is 0 Å². The summed E-state index contributed by atoms with van der Waals surface area (Å²) in [7, 11) is 1.71. The van der Waals surface area contributed by atoms with Gasteiger partial charge in [-0.05, 0) is 44.0 Å². The lowest BCUT2D eigenvalue weighted by molar-refractivity contribution is -0.130. The number of nitrogens with zero attached hydrogens (tertiary/aromatic N) is 3. The zero-order chi connectivity index (χ0) is 20.0. The summed E-state index contributed by atoms with van der Waals surface area (Å²) < 4.78 is 5.78. The van der Waals surface area contributed by atoms with Gasteiger partial charge in [-0.1, -0.05) is 11.6 Å². The molecule has 2 N–H and O–H groups in total. The first kappa shape index (κ1) is 24.0. The highest BCUT2D eigenvalue weighted by atomic mass is 127. The Morgan fingerprint density at radius 1 is 1.21 bits per heavy atom. The van der Waals surface area contributed by atoms with Crippen molar-refractivity contribution in [2.75, 3.05) is 57.8 Å². The third-order valence-corrected chi connectivity index (χ3v) is 5.64. The number of halogens is 2. The summed E-state index contributed by atoms with van der Waals surface area (Å²) in [6.07, 6.45) is 2.12. The average molecular weight is 536 g/mol. The fourth-order valence-corrected chi connectivity index (χ4v) is 3.73. The highest BCUT2D eigenvalue weighted by Gasteiger charge is 2.29. The molecule has 2 aliphatic heterocycles. The first-order valence-electron chi connectivity index (χ1n) is 9.86. The highest BCUT2D eigenvalue weighted by Crippen LogP contribution is 2.23. The molecule has 3 rings (SSSR count). The summed E-state index contributed by atoms with van der Waals surface area (Å²) in [6, 6.07) is 7.83. The van der Waals surface area contributed by atoms with Crippen molar-refractivity contribution in [3.63, 3.8) is 0 Å². The molecule has 1 amide bonds. The van der Waals surface area contributed by atoms with Gasteiger partial charge in [-0.25, -0.2) is 0 Å². The molecule has 1 unspecified atom stereocenters. The first-order valence-corrected chi connectivity index (χ1v) is 10.2. The van der Waals surface area contributed by atoms with Crippen molar-refractivity contribution in [1.82, 2.24) is 15.5 Å². The van der Waals surface area contributed by atoms with Gasteiger partial charge in [0.15, 0.2) is 5.96 Å². The van der Waals surface area contributed by atoms with Crippen molar-refractivity contribution in [1.29, 1.82) is 0 Å². The number of aliphatic imine (C=N–C) groups is 1. The Balaban J connectivity index is 0.00000300. The van der Waals surface area contributed by atoms with E-state index in [9.17, 15) is 4.79 Å². The van der Waals surface area contributed by atoms with Gasteiger partial charge < -0.3 is 25.2 Å². The molecule has 0 aliphatic carbocycles. The molecule has 0 saturated carbocycles. The van der Waals surface area contributed by atoms with Crippen LogP contribution in [0.3, 0.4) is 0 Å². The van der Waals surface area contributed by atoms with Crippen LogP contribution in [0.15, 0.2) is 29.3 Å². The second-order valence-electron chi connectivity index (χ2n) is 7.53. The summed E-state index contributed by atoms with van der Waals surface area (Å²) in [6.45, 7) is 6.88. The maximum atomic E-state index is 12.5. The number of hydrogen-bond donors (Lipinski definition) is 2. The Morgan fingerprint density at radius 2 is 1.90 bits per heavy atom. The summed E-state index contributed by atoms with van der Waals surface area (Å²) in [5.74, 6) is 0.715. The van der Waals surface area contributed by atoms with Crippen LogP contribution >= 0.6 is 35.6 Å². The van der Waals surface area contributed by atoms with E-state index in [2.05, 4.69) is 27.4 Å². The van der Waals surface area contributed by atoms with E-state index in [1.54, 1.807) is 7.05 Å². The molecule has 2 heterocycles. The van der Waals surface area contributed by atoms with Gasteiger partial charge in [0.2, 0.25) is 5.91 Å². The Labute approximate surface area is 195 Å². The molecule has 2 fully saturated rings. The van der Waals surface area contributed by atoms with Crippen LogP contribution in [0.2, 0.25) is 5.02 Å². The molecule has 1 atom stereocenters. The van der Waals surface area contributed by atoms with E-state index < -0.39 is 0 Å². The number of anilines is 1. The van der Waals surface area contributed by atoms with Gasteiger partial charge in [-0.3, -0.25) is 9.79 Å². The number of benzene rings is 1. The largest absolute Gasteiger partial charge is 0.373 e. The lowest BCUT2D eigenvalue weighted by Crippen LogP contribution is -2.53. The zero-order valence-corrected chi connectivity index (χ0v) is 20.2. The smallest absolute Gasteiger partial charge is 0.242 e. The van der Waals surface area contributed by atoms with E-state index in [1.165, 1.54) is 0 Å². The fraction of sp³-hybridized carbons (Fsp3) is 0.600. The lowest BCUT2D eigenvalue weighted by Gasteiger charge is -2.36. The predicted molar refractivity (Wildman–Crippen MR) is 129 cm³/mol. The third kappa shape index (κ3) is 6.89. The molecule has 2 saturated heterocycles. The third-order valence-electron chi connectivity index (χ3n) is 5.39. The molecule has 0 aromatic heterocycles. The number of piperazine rings is 1. The SMILES string of the molecule is CN=C(NCC(=O)N1CCN(c2ccc(Cl)cc2)CC1)NCC1(C)CCCO1.I. The summed E-state index contributed by atoms with van der Waals surface area (Å²) in [5.41, 5.74) is 0.987. The van der Waals surface area contributed by atoms with Gasteiger partial charge >= 0.3 is 0 Å². The second-order valence-corrected chi connectivity index (χ2v) is 7.96. The fourth-order valence-electron chi connectivity index (χ4n) is 3.60. The Morgan fingerprint density at radius 3 is 2.48 bits per heavy atom. The predicted octanol–water partition coefficient (Wildman–Crippen LogP) is 2.34. The van der Waals surface area contributed by atoms with Gasteiger partial charge in [0.25, 0.3) is 0 Å². The number of ether oxygens (including phenoxy) is 1. The maximum absolute atomic E-state index is 12.5. The topological polar surface area (TPSA) is 69.2 Å². The quantitative estimate of drug-likeness (QED) is 0.344. The van der Waals surface area contributed by atoms with Crippen molar-refractivity contribution in [2.24, 2.45) is 4.99 Å². The highest BCUT2D eigenvalue weighted by molar-refractivity contribution is 14.0. The molecule has 0 spiro atoms. The van der Waals surface area contributed by atoms with E-state index >= 15 is 0 Å². The number of hydrogen-bond acceptors (Lipinski definition) is 4. The van der Waals surface area contributed by atoms with Gasteiger partial charge in [-0.2, -0.15) is 0 Å². The van der Waals surface area contributed by atoms with Crippen molar-refractivity contribution in [3.8, 4) is 0 Å². The van der Waals surface area contributed by atoms with E-state index in [0.717, 1.165) is 43.2 Å². The van der Waals surface area contributed by atoms with Crippen LogP contribution in [0.1, 0.15) is 19.8 Å². The lowest BCUT2D eigenvalue weighted by atomic mass is 10.0. The van der Waals surface area contributed by atoms with Crippen LogP contribution in [0.4, 0.5) is 5.69 Å². The molecular formula is C20H31ClIN5O2. The molecule has 29 heavy (non-hydrogen) atoms. The second kappa shape index (κ2) is 11.2. The molecule has 162 valence electrons. The van der Waals surface area contributed by atoms with Crippen molar-refractivity contribution < 1.29 is 9.53 Å². The first-order chi connectivity index (χ1) is 13.5. The minimum Gasteiger partial charge on any atom is -0.373 e. The average Bonchev–Trinajstić information content (AvgIpc) is 3.15. The zero-order valence-electron chi connectivity index (χ0n) is 17.1. The minimum absolute atomic E-state index is 0. The molecule has 1 aromatic carbocycles. The number of nitrogens with one attached hydrogen (secondary N) is 2. The van der Waals surface area contributed by atoms with Crippen LogP contribution in [0.5, 0.6) is 0 Å². The van der Waals surface area contributed by atoms with Crippen molar-refractivity contribution in [3.05, 3.63) is 29.3 Å². The molecule has 7 nitrogen and oxygen atoms in total. The standard InChI is InChI=1S/C20H30ClN5O2.HI/c1-20(8-3-13-28-20)15-24-19(22-2)23-14-18(27)26-11-9-25(10-12-26)17-6-4-16(21)5-7-17;/h4-7H,3,8-15H2,1-2H3,(H2,22,23,24);1H. The van der Waals surface area contributed by atoms with Gasteiger partial charge in [-0.15, -0.1) is 24.0 Å². The normalized spacial score (nSPS) is 22.2. The number of carbonyl (C=O) groups excluding carboxylic acids is 1. The van der Waals surface area contributed by atoms with Gasteiger partial charge in [0.1, 0.15) is 0 Å². The summed E-state index contributed by atoms with van der Waals surface area (Å²) in [5, 5.41) is 7.12. The molecule has 1 aromatic rings. The minimum atomic E-state index is -0.153. The maximum Gasteiger partial charge on any atom is 0.242 e. The Hall–Kier alpha value is -1.26. The van der Waals surface area contributed by atoms with Crippen molar-refractivity contribution >= 4 is 53.1 Å².